The van der Waals surface area contributed by atoms with Gasteiger partial charge in [0.1, 0.15) is 6.61 Å². The van der Waals surface area contributed by atoms with Crippen molar-refractivity contribution in [2.75, 3.05) is 46.1 Å². The van der Waals surface area contributed by atoms with Crippen molar-refractivity contribution in [2.45, 2.75) is 13.5 Å². The van der Waals surface area contributed by atoms with Gasteiger partial charge in [0.2, 0.25) is 0 Å². The Morgan fingerprint density at radius 2 is 2.05 bits per heavy atom. The third kappa shape index (κ3) is 4.10. The molecule has 1 aromatic carbocycles. The van der Waals surface area contributed by atoms with Gasteiger partial charge in [0.05, 0.1) is 19.8 Å². The van der Waals surface area contributed by atoms with Gasteiger partial charge in [-0.2, -0.15) is 0 Å². The summed E-state index contributed by atoms with van der Waals surface area (Å²) in [5.41, 5.74) is 6.75. The fourth-order valence-electron chi connectivity index (χ4n) is 2.26. The highest BCUT2D eigenvalue weighted by Gasteiger charge is 2.13. The predicted molar refractivity (Wildman–Crippen MR) is 78.3 cm³/mol. The van der Waals surface area contributed by atoms with Crippen LogP contribution in [0.4, 0.5) is 0 Å². The molecule has 20 heavy (non-hydrogen) atoms. The van der Waals surface area contributed by atoms with Gasteiger partial charge in [-0.15, -0.1) is 0 Å². The fraction of sp³-hybridized carbons (Fsp3) is 0.600. The molecule has 0 atom stereocenters. The molecule has 2 N–H and O–H groups in total. The topological polar surface area (TPSA) is 57.0 Å². The molecule has 0 unspecified atom stereocenters. The fourth-order valence-corrected chi connectivity index (χ4v) is 2.26. The number of nitrogens with two attached hydrogens (primary N) is 1. The van der Waals surface area contributed by atoms with Gasteiger partial charge >= 0.3 is 0 Å². The summed E-state index contributed by atoms with van der Waals surface area (Å²) in [6, 6.07) is 5.85. The van der Waals surface area contributed by atoms with E-state index in [4.69, 9.17) is 19.9 Å². The maximum atomic E-state index is 5.93. The van der Waals surface area contributed by atoms with Crippen LogP contribution in [0.2, 0.25) is 0 Å². The molecule has 2 rings (SSSR count). The van der Waals surface area contributed by atoms with Gasteiger partial charge < -0.3 is 19.9 Å². The van der Waals surface area contributed by atoms with Gasteiger partial charge in [0.15, 0.2) is 11.5 Å². The third-order valence-electron chi connectivity index (χ3n) is 3.34. The Bertz CT molecular complexity index is 406. The summed E-state index contributed by atoms with van der Waals surface area (Å²) in [4.78, 5) is 2.34. The number of hydrogen-bond acceptors (Lipinski definition) is 5. The minimum Gasteiger partial charge on any atom is -0.490 e. The maximum absolute atomic E-state index is 5.93. The molecule has 5 nitrogen and oxygen atoms in total. The Labute approximate surface area is 120 Å². The summed E-state index contributed by atoms with van der Waals surface area (Å²) in [5.74, 6) is 1.56. The van der Waals surface area contributed by atoms with Crippen LogP contribution >= 0.6 is 0 Å². The first-order valence-electron chi connectivity index (χ1n) is 7.22. The van der Waals surface area contributed by atoms with E-state index < -0.39 is 0 Å². The SMILES string of the molecule is CCOc1cccc(CN)c1OCCN1CCOCC1. The summed E-state index contributed by atoms with van der Waals surface area (Å²) >= 11 is 0. The first-order chi connectivity index (χ1) is 9.85. The first kappa shape index (κ1) is 15.1. The molecule has 5 heteroatoms. The molecular weight excluding hydrogens is 256 g/mol. The second kappa shape index (κ2) is 8.09. The number of ether oxygens (including phenoxy) is 3. The molecule has 1 aliphatic rings. The molecule has 1 saturated heterocycles. The molecule has 1 heterocycles. The molecule has 0 aromatic heterocycles. The van der Waals surface area contributed by atoms with Gasteiger partial charge in [0.25, 0.3) is 0 Å². The van der Waals surface area contributed by atoms with E-state index in [1.54, 1.807) is 0 Å². The molecule has 1 fully saturated rings. The van der Waals surface area contributed by atoms with Crippen molar-refractivity contribution < 1.29 is 14.2 Å². The van der Waals surface area contributed by atoms with Crippen LogP contribution in [-0.2, 0) is 11.3 Å². The van der Waals surface area contributed by atoms with Crippen molar-refractivity contribution >= 4 is 0 Å². The number of benzene rings is 1. The Kier molecular flexibility index (Phi) is 6.11. The average Bonchev–Trinajstić information content (AvgIpc) is 2.50. The second-order valence-corrected chi connectivity index (χ2v) is 4.68. The van der Waals surface area contributed by atoms with Crippen LogP contribution in [0.3, 0.4) is 0 Å². The maximum Gasteiger partial charge on any atom is 0.165 e. The molecule has 0 radical (unpaired) electrons. The predicted octanol–water partition coefficient (Wildman–Crippen LogP) is 1.25. The monoisotopic (exact) mass is 280 g/mol. The van der Waals surface area contributed by atoms with Crippen LogP contribution in [-0.4, -0.2) is 51.0 Å². The zero-order valence-corrected chi connectivity index (χ0v) is 12.1. The Morgan fingerprint density at radius 3 is 2.75 bits per heavy atom. The zero-order valence-electron chi connectivity index (χ0n) is 12.1. The Hall–Kier alpha value is -1.30. The summed E-state index contributed by atoms with van der Waals surface area (Å²) in [6.45, 7) is 8.13. The minimum absolute atomic E-state index is 0.452. The molecule has 0 spiro atoms. The third-order valence-corrected chi connectivity index (χ3v) is 3.34. The van der Waals surface area contributed by atoms with E-state index >= 15 is 0 Å². The standard InChI is InChI=1S/C15H24N2O3/c1-2-19-14-5-3-4-13(12-16)15(14)20-11-8-17-6-9-18-10-7-17/h3-5H,2,6-12,16H2,1H3. The number of hydrogen-bond donors (Lipinski definition) is 1. The molecule has 0 bridgehead atoms. The molecule has 0 saturated carbocycles. The number of para-hydroxylation sites is 1. The lowest BCUT2D eigenvalue weighted by molar-refractivity contribution is 0.0320. The zero-order chi connectivity index (χ0) is 14.2. The van der Waals surface area contributed by atoms with E-state index in [1.165, 1.54) is 0 Å². The van der Waals surface area contributed by atoms with Crippen molar-refractivity contribution in [3.05, 3.63) is 23.8 Å². The highest BCUT2D eigenvalue weighted by atomic mass is 16.5. The molecular formula is C15H24N2O3. The Balaban J connectivity index is 1.92. The largest absolute Gasteiger partial charge is 0.490 e. The van der Waals surface area contributed by atoms with Crippen LogP contribution in [0.5, 0.6) is 11.5 Å². The highest BCUT2D eigenvalue weighted by molar-refractivity contribution is 5.46. The van der Waals surface area contributed by atoms with E-state index in [0.717, 1.165) is 49.9 Å². The first-order valence-corrected chi connectivity index (χ1v) is 7.22. The van der Waals surface area contributed by atoms with Gasteiger partial charge in [0, 0.05) is 31.7 Å². The summed E-state index contributed by atoms with van der Waals surface area (Å²) in [6.07, 6.45) is 0. The summed E-state index contributed by atoms with van der Waals surface area (Å²) in [5, 5.41) is 0. The van der Waals surface area contributed by atoms with Crippen LogP contribution in [0.1, 0.15) is 12.5 Å². The lowest BCUT2D eigenvalue weighted by Gasteiger charge is -2.26. The van der Waals surface area contributed by atoms with Gasteiger partial charge in [-0.25, -0.2) is 0 Å². The van der Waals surface area contributed by atoms with Gasteiger partial charge in [-0.3, -0.25) is 4.90 Å². The Morgan fingerprint density at radius 1 is 1.25 bits per heavy atom. The minimum atomic E-state index is 0.452. The van der Waals surface area contributed by atoms with Crippen molar-refractivity contribution in [2.24, 2.45) is 5.73 Å². The summed E-state index contributed by atoms with van der Waals surface area (Å²) < 4.78 is 16.9. The van der Waals surface area contributed by atoms with Crippen molar-refractivity contribution in [3.8, 4) is 11.5 Å². The van der Waals surface area contributed by atoms with E-state index in [9.17, 15) is 0 Å². The molecule has 112 valence electrons. The molecule has 0 amide bonds. The van der Waals surface area contributed by atoms with E-state index in [-0.39, 0.29) is 0 Å². The number of rotatable bonds is 7. The molecule has 0 aliphatic carbocycles. The van der Waals surface area contributed by atoms with Crippen LogP contribution in [0.25, 0.3) is 0 Å². The van der Waals surface area contributed by atoms with Gasteiger partial charge in [-0.05, 0) is 13.0 Å². The van der Waals surface area contributed by atoms with Crippen LogP contribution in [0, 0.1) is 0 Å². The van der Waals surface area contributed by atoms with Crippen LogP contribution < -0.4 is 15.2 Å². The normalized spacial score (nSPS) is 16.1. The average molecular weight is 280 g/mol. The lowest BCUT2D eigenvalue weighted by atomic mass is 10.2. The van der Waals surface area contributed by atoms with Gasteiger partial charge in [-0.1, -0.05) is 12.1 Å². The number of morpholine rings is 1. The van der Waals surface area contributed by atoms with E-state index in [1.807, 2.05) is 25.1 Å². The van der Waals surface area contributed by atoms with E-state index in [0.29, 0.717) is 19.8 Å². The molecule has 1 aliphatic heterocycles. The molecule has 1 aromatic rings. The second-order valence-electron chi connectivity index (χ2n) is 4.68. The van der Waals surface area contributed by atoms with Crippen molar-refractivity contribution in [1.82, 2.24) is 4.90 Å². The van der Waals surface area contributed by atoms with E-state index in [2.05, 4.69) is 4.90 Å². The highest BCUT2D eigenvalue weighted by Crippen LogP contribution is 2.31. The quantitative estimate of drug-likeness (QED) is 0.815. The smallest absolute Gasteiger partial charge is 0.165 e. The number of nitrogens with zero attached hydrogens (tertiary/aromatic N) is 1. The van der Waals surface area contributed by atoms with Crippen LogP contribution in [0.15, 0.2) is 18.2 Å². The lowest BCUT2D eigenvalue weighted by Crippen LogP contribution is -2.38. The summed E-state index contributed by atoms with van der Waals surface area (Å²) in [7, 11) is 0. The van der Waals surface area contributed by atoms with Crippen molar-refractivity contribution in [3.63, 3.8) is 0 Å². The van der Waals surface area contributed by atoms with Crippen molar-refractivity contribution in [1.29, 1.82) is 0 Å².